The van der Waals surface area contributed by atoms with E-state index >= 15 is 0 Å². The molecule has 0 fully saturated rings. The molecule has 2 aromatic rings. The standard InChI is InChI=1S/C17H25N3/c1-12(2)9-18-10-16-11-20(5)19-17(16)15-7-6-13(3)14(4)8-15/h6-8,11-12,18H,9-10H2,1-5H3. The topological polar surface area (TPSA) is 29.9 Å². The van der Waals surface area contributed by atoms with E-state index in [1.807, 2.05) is 11.7 Å². The van der Waals surface area contributed by atoms with Crippen LogP contribution in [0.3, 0.4) is 0 Å². The zero-order valence-corrected chi connectivity index (χ0v) is 13.2. The van der Waals surface area contributed by atoms with Gasteiger partial charge in [0.2, 0.25) is 0 Å². The van der Waals surface area contributed by atoms with Crippen LogP contribution in [0.2, 0.25) is 0 Å². The summed E-state index contributed by atoms with van der Waals surface area (Å²) in [6.07, 6.45) is 2.11. The van der Waals surface area contributed by atoms with Crippen molar-refractivity contribution in [3.05, 3.63) is 41.1 Å². The normalized spacial score (nSPS) is 11.3. The molecular weight excluding hydrogens is 246 g/mol. The van der Waals surface area contributed by atoms with Crippen molar-refractivity contribution in [3.63, 3.8) is 0 Å². The Morgan fingerprint density at radius 2 is 1.95 bits per heavy atom. The third-order valence-corrected chi connectivity index (χ3v) is 3.55. The van der Waals surface area contributed by atoms with E-state index in [-0.39, 0.29) is 0 Å². The average Bonchev–Trinajstić information content (AvgIpc) is 2.73. The van der Waals surface area contributed by atoms with Crippen LogP contribution in [0.1, 0.15) is 30.5 Å². The second-order valence-corrected chi connectivity index (χ2v) is 6.00. The minimum absolute atomic E-state index is 0.664. The summed E-state index contributed by atoms with van der Waals surface area (Å²) in [6.45, 7) is 10.6. The second-order valence-electron chi connectivity index (χ2n) is 6.00. The lowest BCUT2D eigenvalue weighted by Crippen LogP contribution is -2.19. The van der Waals surface area contributed by atoms with Gasteiger partial charge < -0.3 is 5.32 Å². The SMILES string of the molecule is Cc1ccc(-c2nn(C)cc2CNCC(C)C)cc1C. The van der Waals surface area contributed by atoms with Gasteiger partial charge >= 0.3 is 0 Å². The molecule has 0 bridgehead atoms. The molecule has 0 saturated heterocycles. The predicted octanol–water partition coefficient (Wildman–Crippen LogP) is 3.45. The van der Waals surface area contributed by atoms with E-state index in [4.69, 9.17) is 0 Å². The van der Waals surface area contributed by atoms with Crippen molar-refractivity contribution in [2.75, 3.05) is 6.54 Å². The maximum atomic E-state index is 4.63. The van der Waals surface area contributed by atoms with Crippen LogP contribution < -0.4 is 5.32 Å². The third kappa shape index (κ3) is 3.48. The highest BCUT2D eigenvalue weighted by Crippen LogP contribution is 2.24. The third-order valence-electron chi connectivity index (χ3n) is 3.55. The van der Waals surface area contributed by atoms with Gasteiger partial charge in [-0.1, -0.05) is 26.0 Å². The van der Waals surface area contributed by atoms with Gasteiger partial charge in [0.25, 0.3) is 0 Å². The van der Waals surface area contributed by atoms with Crippen LogP contribution in [-0.2, 0) is 13.6 Å². The van der Waals surface area contributed by atoms with Crippen molar-refractivity contribution >= 4 is 0 Å². The summed E-state index contributed by atoms with van der Waals surface area (Å²) in [4.78, 5) is 0. The van der Waals surface area contributed by atoms with Gasteiger partial charge in [-0.3, -0.25) is 4.68 Å². The molecule has 20 heavy (non-hydrogen) atoms. The van der Waals surface area contributed by atoms with Gasteiger partial charge in [0.15, 0.2) is 0 Å². The minimum atomic E-state index is 0.664. The molecule has 2 rings (SSSR count). The zero-order valence-electron chi connectivity index (χ0n) is 13.2. The van der Waals surface area contributed by atoms with E-state index in [1.165, 1.54) is 22.3 Å². The highest BCUT2D eigenvalue weighted by Gasteiger charge is 2.10. The van der Waals surface area contributed by atoms with Crippen LogP contribution in [0.15, 0.2) is 24.4 Å². The predicted molar refractivity (Wildman–Crippen MR) is 84.7 cm³/mol. The van der Waals surface area contributed by atoms with Crippen molar-refractivity contribution in [3.8, 4) is 11.3 Å². The van der Waals surface area contributed by atoms with E-state index < -0.39 is 0 Å². The highest BCUT2D eigenvalue weighted by molar-refractivity contribution is 5.64. The van der Waals surface area contributed by atoms with Gasteiger partial charge in [0.05, 0.1) is 5.69 Å². The molecular formula is C17H25N3. The molecule has 1 aromatic carbocycles. The Balaban J connectivity index is 2.24. The highest BCUT2D eigenvalue weighted by atomic mass is 15.3. The number of nitrogens with zero attached hydrogens (tertiary/aromatic N) is 2. The monoisotopic (exact) mass is 271 g/mol. The molecule has 0 aliphatic carbocycles. The first-order valence-electron chi connectivity index (χ1n) is 7.28. The average molecular weight is 271 g/mol. The van der Waals surface area contributed by atoms with Crippen molar-refractivity contribution in [2.24, 2.45) is 13.0 Å². The Labute approximate surface area is 122 Å². The molecule has 1 aromatic heterocycles. The molecule has 0 spiro atoms. The van der Waals surface area contributed by atoms with Crippen molar-refractivity contribution in [2.45, 2.75) is 34.2 Å². The molecule has 0 atom stereocenters. The first kappa shape index (κ1) is 14.8. The van der Waals surface area contributed by atoms with Gasteiger partial charge in [-0.2, -0.15) is 5.10 Å². The molecule has 1 N–H and O–H groups in total. The smallest absolute Gasteiger partial charge is 0.0968 e. The Morgan fingerprint density at radius 3 is 2.60 bits per heavy atom. The van der Waals surface area contributed by atoms with E-state index in [1.54, 1.807) is 0 Å². The second kappa shape index (κ2) is 6.23. The van der Waals surface area contributed by atoms with Crippen molar-refractivity contribution in [1.82, 2.24) is 15.1 Å². The molecule has 108 valence electrons. The molecule has 1 heterocycles. The minimum Gasteiger partial charge on any atom is -0.312 e. The van der Waals surface area contributed by atoms with Crippen LogP contribution >= 0.6 is 0 Å². The Kier molecular flexibility index (Phi) is 4.61. The summed E-state index contributed by atoms with van der Waals surface area (Å²) in [5, 5.41) is 8.12. The zero-order chi connectivity index (χ0) is 14.7. The van der Waals surface area contributed by atoms with Crippen molar-refractivity contribution < 1.29 is 0 Å². The van der Waals surface area contributed by atoms with Gasteiger partial charge in [-0.15, -0.1) is 0 Å². The largest absolute Gasteiger partial charge is 0.312 e. The summed E-state index contributed by atoms with van der Waals surface area (Å²) in [5.41, 5.74) is 6.19. The lowest BCUT2D eigenvalue weighted by molar-refractivity contribution is 0.552. The number of aryl methyl sites for hydroxylation is 3. The van der Waals surface area contributed by atoms with Gasteiger partial charge in [0, 0.05) is 30.9 Å². The Bertz CT molecular complexity index is 582. The summed E-state index contributed by atoms with van der Waals surface area (Å²) in [6, 6.07) is 6.56. The molecule has 0 aliphatic rings. The van der Waals surface area contributed by atoms with E-state index in [2.05, 4.69) is 62.5 Å². The Hall–Kier alpha value is -1.61. The molecule has 0 saturated carbocycles. The fraction of sp³-hybridized carbons (Fsp3) is 0.471. The maximum Gasteiger partial charge on any atom is 0.0968 e. The van der Waals surface area contributed by atoms with Crippen LogP contribution in [0, 0.1) is 19.8 Å². The lowest BCUT2D eigenvalue weighted by atomic mass is 10.0. The van der Waals surface area contributed by atoms with Crippen LogP contribution in [0.4, 0.5) is 0 Å². The summed E-state index contributed by atoms with van der Waals surface area (Å²) in [5.74, 6) is 0.664. The van der Waals surface area contributed by atoms with Gasteiger partial charge in [-0.05, 0) is 43.5 Å². The Morgan fingerprint density at radius 1 is 1.20 bits per heavy atom. The molecule has 3 heteroatoms. The molecule has 0 amide bonds. The lowest BCUT2D eigenvalue weighted by Gasteiger charge is -2.08. The van der Waals surface area contributed by atoms with Crippen LogP contribution in [0.5, 0.6) is 0 Å². The van der Waals surface area contributed by atoms with Crippen LogP contribution in [0.25, 0.3) is 11.3 Å². The fourth-order valence-electron chi connectivity index (χ4n) is 2.29. The summed E-state index contributed by atoms with van der Waals surface area (Å²) >= 11 is 0. The number of nitrogens with one attached hydrogen (secondary N) is 1. The molecule has 0 radical (unpaired) electrons. The summed E-state index contributed by atoms with van der Waals surface area (Å²) < 4.78 is 1.90. The number of benzene rings is 1. The van der Waals surface area contributed by atoms with Gasteiger partial charge in [-0.25, -0.2) is 0 Å². The quantitative estimate of drug-likeness (QED) is 0.902. The van der Waals surface area contributed by atoms with E-state index in [9.17, 15) is 0 Å². The van der Waals surface area contributed by atoms with Crippen LogP contribution in [-0.4, -0.2) is 16.3 Å². The number of hydrogen-bond acceptors (Lipinski definition) is 2. The van der Waals surface area contributed by atoms with E-state index in [0.29, 0.717) is 5.92 Å². The fourth-order valence-corrected chi connectivity index (χ4v) is 2.29. The first-order chi connectivity index (χ1) is 9.47. The number of rotatable bonds is 5. The number of aromatic nitrogens is 2. The van der Waals surface area contributed by atoms with Gasteiger partial charge in [0.1, 0.15) is 0 Å². The molecule has 3 nitrogen and oxygen atoms in total. The number of hydrogen-bond donors (Lipinski definition) is 1. The first-order valence-corrected chi connectivity index (χ1v) is 7.28. The van der Waals surface area contributed by atoms with Crippen molar-refractivity contribution in [1.29, 1.82) is 0 Å². The molecule has 0 aliphatic heterocycles. The summed E-state index contributed by atoms with van der Waals surface area (Å²) in [7, 11) is 1.98. The molecule has 0 unspecified atom stereocenters. The maximum absolute atomic E-state index is 4.63. The van der Waals surface area contributed by atoms with E-state index in [0.717, 1.165) is 18.8 Å².